The monoisotopic (exact) mass is 411 g/mol. The normalized spacial score (nSPS) is 11.8. The van der Waals surface area contributed by atoms with E-state index in [1.807, 2.05) is 19.1 Å². The van der Waals surface area contributed by atoms with Gasteiger partial charge < -0.3 is 14.8 Å². The van der Waals surface area contributed by atoms with Crippen molar-refractivity contribution in [1.29, 1.82) is 0 Å². The zero-order valence-electron chi connectivity index (χ0n) is 18.6. The molecule has 0 fully saturated rings. The lowest BCUT2D eigenvalue weighted by Gasteiger charge is -2.15. The van der Waals surface area contributed by atoms with Crippen LogP contribution in [0.25, 0.3) is 0 Å². The summed E-state index contributed by atoms with van der Waals surface area (Å²) in [5, 5.41) is 3.43. The maximum atomic E-state index is 12.2. The molecule has 0 aliphatic rings. The van der Waals surface area contributed by atoms with Gasteiger partial charge in [0.15, 0.2) is 0 Å². The van der Waals surface area contributed by atoms with Crippen LogP contribution < -0.4 is 10.1 Å². The van der Waals surface area contributed by atoms with Gasteiger partial charge in [-0.3, -0.25) is 4.79 Å². The van der Waals surface area contributed by atoms with E-state index < -0.39 is 0 Å². The summed E-state index contributed by atoms with van der Waals surface area (Å²) in [4.78, 5) is 12.2. The third kappa shape index (κ3) is 9.45. The highest BCUT2D eigenvalue weighted by atomic mass is 16.5. The number of aryl methyl sites for hydroxylation is 1. The second kappa shape index (κ2) is 14.6. The van der Waals surface area contributed by atoms with Crippen molar-refractivity contribution in [3.63, 3.8) is 0 Å². The summed E-state index contributed by atoms with van der Waals surface area (Å²) in [6, 6.07) is 18.7. The van der Waals surface area contributed by atoms with Gasteiger partial charge in [0.25, 0.3) is 0 Å². The van der Waals surface area contributed by atoms with Gasteiger partial charge in [-0.05, 0) is 62.4 Å². The first-order valence-electron chi connectivity index (χ1n) is 11.4. The van der Waals surface area contributed by atoms with Crippen molar-refractivity contribution in [1.82, 2.24) is 5.32 Å². The predicted octanol–water partition coefficient (Wildman–Crippen LogP) is 5.20. The van der Waals surface area contributed by atoms with E-state index >= 15 is 0 Å². The number of hydrogen-bond donors (Lipinski definition) is 1. The molecule has 2 aromatic rings. The molecule has 0 amide bonds. The Bertz CT molecular complexity index is 700. The van der Waals surface area contributed by atoms with Crippen LogP contribution in [-0.4, -0.2) is 32.3 Å². The molecule has 0 aliphatic heterocycles. The molecule has 4 heteroatoms. The van der Waals surface area contributed by atoms with Gasteiger partial charge in [-0.25, -0.2) is 0 Å². The lowest BCUT2D eigenvalue weighted by atomic mass is 9.94. The zero-order chi connectivity index (χ0) is 21.4. The molecule has 2 aromatic carbocycles. The van der Waals surface area contributed by atoms with Crippen LogP contribution in [0.4, 0.5) is 0 Å². The van der Waals surface area contributed by atoms with Crippen LogP contribution in [0.1, 0.15) is 50.7 Å². The molecule has 0 aliphatic carbocycles. The summed E-state index contributed by atoms with van der Waals surface area (Å²) in [7, 11) is 0. The maximum absolute atomic E-state index is 12.2. The van der Waals surface area contributed by atoms with Crippen LogP contribution >= 0.6 is 0 Å². The fourth-order valence-corrected chi connectivity index (χ4v) is 3.45. The van der Waals surface area contributed by atoms with Crippen LogP contribution in [0.2, 0.25) is 0 Å². The standard InChI is InChI=1S/C26H37NO3/c1-3-5-13-24(26(28)29-4-2)21-23-14-16-25(17-15-23)30-20-19-27-18-9-12-22-10-7-6-8-11-22/h6-8,10-11,14-17,24,27H,3-5,9,12-13,18-21H2,1-2H3. The number of benzene rings is 2. The molecular formula is C26H37NO3. The SMILES string of the molecule is CCCCC(Cc1ccc(OCCNCCCc2ccccc2)cc1)C(=O)OCC. The first kappa shape index (κ1) is 23.9. The molecule has 4 nitrogen and oxygen atoms in total. The van der Waals surface area contributed by atoms with Gasteiger partial charge in [0.1, 0.15) is 12.4 Å². The molecular weight excluding hydrogens is 374 g/mol. The molecule has 1 atom stereocenters. The van der Waals surface area contributed by atoms with Gasteiger partial charge in [-0.2, -0.15) is 0 Å². The molecule has 0 saturated carbocycles. The molecule has 0 aromatic heterocycles. The number of carbonyl (C=O) groups is 1. The fourth-order valence-electron chi connectivity index (χ4n) is 3.45. The largest absolute Gasteiger partial charge is 0.492 e. The Balaban J connectivity index is 1.65. The Morgan fingerprint density at radius 3 is 2.40 bits per heavy atom. The highest BCUT2D eigenvalue weighted by molar-refractivity contribution is 5.72. The maximum Gasteiger partial charge on any atom is 0.309 e. The van der Waals surface area contributed by atoms with Gasteiger partial charge in [0, 0.05) is 6.54 Å². The predicted molar refractivity (Wildman–Crippen MR) is 123 cm³/mol. The average Bonchev–Trinajstić information content (AvgIpc) is 2.77. The van der Waals surface area contributed by atoms with Crippen molar-refractivity contribution in [2.45, 2.75) is 52.4 Å². The summed E-state index contributed by atoms with van der Waals surface area (Å²) >= 11 is 0. The molecule has 0 spiro atoms. The van der Waals surface area contributed by atoms with Crippen LogP contribution in [0.5, 0.6) is 5.75 Å². The van der Waals surface area contributed by atoms with Crippen molar-refractivity contribution in [3.8, 4) is 5.75 Å². The highest BCUT2D eigenvalue weighted by Crippen LogP contribution is 2.19. The quantitative estimate of drug-likeness (QED) is 0.323. The molecule has 30 heavy (non-hydrogen) atoms. The summed E-state index contributed by atoms with van der Waals surface area (Å²) in [6.07, 6.45) is 5.96. The van der Waals surface area contributed by atoms with E-state index in [9.17, 15) is 4.79 Å². The third-order valence-corrected chi connectivity index (χ3v) is 5.14. The number of nitrogens with one attached hydrogen (secondary N) is 1. The minimum atomic E-state index is -0.0791. The highest BCUT2D eigenvalue weighted by Gasteiger charge is 2.19. The number of carbonyl (C=O) groups excluding carboxylic acids is 1. The molecule has 164 valence electrons. The Kier molecular flexibility index (Phi) is 11.7. The summed E-state index contributed by atoms with van der Waals surface area (Å²) in [5.41, 5.74) is 2.53. The lowest BCUT2D eigenvalue weighted by Crippen LogP contribution is -2.22. The summed E-state index contributed by atoms with van der Waals surface area (Å²) in [5.74, 6) is 0.729. The van der Waals surface area contributed by atoms with Gasteiger partial charge in [0.2, 0.25) is 0 Å². The first-order chi connectivity index (χ1) is 14.7. The number of unbranched alkanes of at least 4 members (excludes halogenated alkanes) is 1. The van der Waals surface area contributed by atoms with Crippen molar-refractivity contribution >= 4 is 5.97 Å². The van der Waals surface area contributed by atoms with Gasteiger partial charge >= 0.3 is 5.97 Å². The molecule has 0 radical (unpaired) electrons. The second-order valence-electron chi connectivity index (χ2n) is 7.63. The minimum Gasteiger partial charge on any atom is -0.492 e. The molecule has 0 saturated heterocycles. The number of ether oxygens (including phenoxy) is 2. The molecule has 2 rings (SSSR count). The average molecular weight is 412 g/mol. The van der Waals surface area contributed by atoms with Gasteiger partial charge in [-0.15, -0.1) is 0 Å². The third-order valence-electron chi connectivity index (χ3n) is 5.14. The van der Waals surface area contributed by atoms with Crippen LogP contribution in [0.3, 0.4) is 0 Å². The zero-order valence-corrected chi connectivity index (χ0v) is 18.6. The van der Waals surface area contributed by atoms with Crippen molar-refractivity contribution in [2.24, 2.45) is 5.92 Å². The molecule has 0 heterocycles. The Labute approximate surface area is 182 Å². The van der Waals surface area contributed by atoms with E-state index in [0.29, 0.717) is 13.2 Å². The Morgan fingerprint density at radius 1 is 0.933 bits per heavy atom. The van der Waals surface area contributed by atoms with Crippen LogP contribution in [0, 0.1) is 5.92 Å². The van der Waals surface area contributed by atoms with E-state index in [-0.39, 0.29) is 11.9 Å². The van der Waals surface area contributed by atoms with Crippen LogP contribution in [-0.2, 0) is 22.4 Å². The molecule has 1 unspecified atom stereocenters. The fraction of sp³-hybridized carbons (Fsp3) is 0.500. The summed E-state index contributed by atoms with van der Waals surface area (Å²) in [6.45, 7) is 6.91. The van der Waals surface area contributed by atoms with Gasteiger partial charge in [0.05, 0.1) is 12.5 Å². The van der Waals surface area contributed by atoms with E-state index in [1.165, 1.54) is 5.56 Å². The van der Waals surface area contributed by atoms with Crippen molar-refractivity contribution in [2.75, 3.05) is 26.3 Å². The van der Waals surface area contributed by atoms with E-state index in [0.717, 1.165) is 62.9 Å². The second-order valence-corrected chi connectivity index (χ2v) is 7.63. The number of rotatable bonds is 15. The topological polar surface area (TPSA) is 47.6 Å². The van der Waals surface area contributed by atoms with Crippen molar-refractivity contribution in [3.05, 3.63) is 65.7 Å². The van der Waals surface area contributed by atoms with E-state index in [4.69, 9.17) is 9.47 Å². The van der Waals surface area contributed by atoms with E-state index in [2.05, 4.69) is 54.7 Å². The summed E-state index contributed by atoms with van der Waals surface area (Å²) < 4.78 is 11.1. The lowest BCUT2D eigenvalue weighted by molar-refractivity contribution is -0.148. The number of esters is 1. The van der Waals surface area contributed by atoms with Gasteiger partial charge in [-0.1, -0.05) is 62.2 Å². The Hall–Kier alpha value is -2.33. The first-order valence-corrected chi connectivity index (χ1v) is 11.4. The van der Waals surface area contributed by atoms with E-state index in [1.54, 1.807) is 0 Å². The molecule has 0 bridgehead atoms. The number of hydrogen-bond acceptors (Lipinski definition) is 4. The van der Waals surface area contributed by atoms with Crippen LogP contribution in [0.15, 0.2) is 54.6 Å². The smallest absolute Gasteiger partial charge is 0.309 e. The minimum absolute atomic E-state index is 0.0586. The van der Waals surface area contributed by atoms with Crippen molar-refractivity contribution < 1.29 is 14.3 Å². The molecule has 1 N–H and O–H groups in total. The Morgan fingerprint density at radius 2 is 1.70 bits per heavy atom.